The summed E-state index contributed by atoms with van der Waals surface area (Å²) in [6.07, 6.45) is -11.8. The molecule has 1 aliphatic rings. The number of thiazole rings is 1. The molecule has 35 heavy (non-hydrogen) atoms. The fraction of sp³-hybridized carbons (Fsp3) is 0.375. The molecule has 2 aromatic carbocycles. The van der Waals surface area contributed by atoms with Crippen molar-refractivity contribution in [1.82, 2.24) is 14.8 Å². The molecule has 2 heterocycles. The molecule has 0 atom stereocenters. The second-order valence-electron chi connectivity index (χ2n) is 8.51. The number of benzene rings is 2. The van der Waals surface area contributed by atoms with Crippen LogP contribution in [-0.2, 0) is 18.7 Å². The number of alkyl halides is 6. The Balaban J connectivity index is 1.38. The molecule has 1 fully saturated rings. The number of aromatic nitrogens is 1. The van der Waals surface area contributed by atoms with Crippen LogP contribution >= 0.6 is 11.3 Å². The Kier molecular flexibility index (Phi) is 7.23. The second-order valence-corrected chi connectivity index (χ2v) is 9.23. The maximum atomic E-state index is 13.1. The zero-order valence-corrected chi connectivity index (χ0v) is 19.3. The van der Waals surface area contributed by atoms with Gasteiger partial charge in [-0.25, -0.2) is 4.98 Å². The topological polar surface area (TPSA) is 39.6 Å². The highest BCUT2D eigenvalue weighted by atomic mass is 32.1. The lowest BCUT2D eigenvalue weighted by atomic mass is 9.90. The maximum Gasteiger partial charge on any atom is 0.430 e. The smallest absolute Gasteiger partial charge is 0.369 e. The fourth-order valence-electron chi connectivity index (χ4n) is 4.10. The molecule has 1 saturated heterocycles. The Morgan fingerprint density at radius 2 is 1.23 bits per heavy atom. The highest BCUT2D eigenvalue weighted by Crippen LogP contribution is 2.50. The summed E-state index contributed by atoms with van der Waals surface area (Å²) in [6.45, 7) is 5.28. The van der Waals surface area contributed by atoms with E-state index in [2.05, 4.69) is 14.8 Å². The summed E-state index contributed by atoms with van der Waals surface area (Å²) >= 11 is 1.58. The predicted molar refractivity (Wildman–Crippen MR) is 121 cm³/mol. The van der Waals surface area contributed by atoms with Crippen molar-refractivity contribution in [2.75, 3.05) is 26.2 Å². The minimum Gasteiger partial charge on any atom is -0.369 e. The first-order valence-corrected chi connectivity index (χ1v) is 11.8. The first-order valence-electron chi connectivity index (χ1n) is 10.8. The molecule has 0 bridgehead atoms. The summed E-state index contributed by atoms with van der Waals surface area (Å²) in [5, 5.41) is 11.6. The van der Waals surface area contributed by atoms with Crippen LogP contribution in [0.25, 0.3) is 11.1 Å². The molecule has 188 valence electrons. The van der Waals surface area contributed by atoms with Gasteiger partial charge in [0.1, 0.15) is 0 Å². The van der Waals surface area contributed by atoms with Gasteiger partial charge in [-0.3, -0.25) is 9.80 Å². The van der Waals surface area contributed by atoms with Crippen LogP contribution in [0.2, 0.25) is 0 Å². The van der Waals surface area contributed by atoms with Gasteiger partial charge in [0.05, 0.1) is 11.2 Å². The van der Waals surface area contributed by atoms with E-state index in [1.54, 1.807) is 23.5 Å². The van der Waals surface area contributed by atoms with Gasteiger partial charge in [-0.1, -0.05) is 48.5 Å². The van der Waals surface area contributed by atoms with Gasteiger partial charge in [-0.15, -0.1) is 11.3 Å². The summed E-state index contributed by atoms with van der Waals surface area (Å²) in [5.41, 5.74) is -1.14. The molecular formula is C24H23F6N3OS. The molecule has 0 radical (unpaired) electrons. The van der Waals surface area contributed by atoms with Crippen LogP contribution in [0.5, 0.6) is 0 Å². The first kappa shape index (κ1) is 25.6. The Morgan fingerprint density at radius 1 is 0.743 bits per heavy atom. The van der Waals surface area contributed by atoms with Gasteiger partial charge in [0.15, 0.2) is 0 Å². The van der Waals surface area contributed by atoms with Crippen LogP contribution in [0.15, 0.2) is 59.4 Å². The Hall–Kier alpha value is -2.47. The van der Waals surface area contributed by atoms with Crippen LogP contribution in [0, 0.1) is 0 Å². The van der Waals surface area contributed by atoms with Gasteiger partial charge >= 0.3 is 12.4 Å². The number of nitrogens with zero attached hydrogens (tertiary/aromatic N) is 3. The molecule has 1 N–H and O–H groups in total. The molecule has 1 aromatic heterocycles. The van der Waals surface area contributed by atoms with E-state index in [1.165, 1.54) is 0 Å². The third-order valence-corrected chi connectivity index (χ3v) is 6.79. The Morgan fingerprint density at radius 3 is 1.69 bits per heavy atom. The van der Waals surface area contributed by atoms with Crippen LogP contribution in [-0.4, -0.2) is 58.4 Å². The largest absolute Gasteiger partial charge is 0.430 e. The number of piperazine rings is 1. The van der Waals surface area contributed by atoms with Crippen LogP contribution in [0.1, 0.15) is 16.8 Å². The number of hydrogen-bond acceptors (Lipinski definition) is 5. The van der Waals surface area contributed by atoms with Gasteiger partial charge in [0.25, 0.3) is 5.60 Å². The van der Waals surface area contributed by atoms with Gasteiger partial charge in [0.2, 0.25) is 0 Å². The van der Waals surface area contributed by atoms with Gasteiger partial charge in [-0.05, 0) is 16.7 Å². The molecule has 0 amide bonds. The summed E-state index contributed by atoms with van der Waals surface area (Å²) in [4.78, 5) is 9.01. The minimum absolute atomic E-state index is 0.447. The quantitative estimate of drug-likeness (QED) is 0.444. The average Bonchev–Trinajstić information content (AvgIpc) is 3.32. The molecule has 3 aromatic rings. The molecule has 0 spiro atoms. The molecular weight excluding hydrogens is 492 g/mol. The van der Waals surface area contributed by atoms with E-state index < -0.39 is 23.5 Å². The highest BCUT2D eigenvalue weighted by Gasteiger charge is 2.71. The lowest BCUT2D eigenvalue weighted by Gasteiger charge is -2.34. The molecule has 0 unspecified atom stereocenters. The fourth-order valence-corrected chi connectivity index (χ4v) is 4.65. The van der Waals surface area contributed by atoms with E-state index in [-0.39, 0.29) is 0 Å². The molecule has 1 aliphatic heterocycles. The summed E-state index contributed by atoms with van der Waals surface area (Å²) in [7, 11) is 0. The number of hydrogen-bond donors (Lipinski definition) is 1. The van der Waals surface area contributed by atoms with E-state index in [9.17, 15) is 31.4 Å². The summed E-state index contributed by atoms with van der Waals surface area (Å²) in [6, 6.07) is 11.0. The van der Waals surface area contributed by atoms with Crippen LogP contribution < -0.4 is 0 Å². The van der Waals surface area contributed by atoms with Crippen LogP contribution in [0.3, 0.4) is 0 Å². The number of aliphatic hydroxyl groups is 1. The van der Waals surface area contributed by atoms with Crippen molar-refractivity contribution >= 4 is 11.3 Å². The summed E-state index contributed by atoms with van der Waals surface area (Å²) < 4.78 is 78.4. The van der Waals surface area contributed by atoms with E-state index >= 15 is 0 Å². The lowest BCUT2D eigenvalue weighted by Crippen LogP contribution is -2.53. The van der Waals surface area contributed by atoms with E-state index in [4.69, 9.17) is 0 Å². The SMILES string of the molecule is OC(c1ccc(-c2ccc(CN3CCN(Cc4cscn4)CC3)cc2)cc1)(C(F)(F)F)C(F)(F)F. The van der Waals surface area contributed by atoms with Crippen LogP contribution in [0.4, 0.5) is 26.3 Å². The van der Waals surface area contributed by atoms with Gasteiger partial charge < -0.3 is 5.11 Å². The monoisotopic (exact) mass is 515 g/mol. The second kappa shape index (κ2) is 9.88. The van der Waals surface area contributed by atoms with Crippen molar-refractivity contribution < 1.29 is 31.4 Å². The molecule has 4 nitrogen and oxygen atoms in total. The number of halogens is 6. The van der Waals surface area contributed by atoms with Gasteiger partial charge in [0, 0.05) is 50.2 Å². The molecule has 0 aliphatic carbocycles. The van der Waals surface area contributed by atoms with Crippen molar-refractivity contribution in [2.45, 2.75) is 31.0 Å². The zero-order chi connectivity index (χ0) is 25.3. The third kappa shape index (κ3) is 5.53. The normalized spacial score (nSPS) is 16.5. The van der Waals surface area contributed by atoms with Crippen molar-refractivity contribution in [3.05, 3.63) is 76.2 Å². The van der Waals surface area contributed by atoms with Crippen molar-refractivity contribution in [1.29, 1.82) is 0 Å². The zero-order valence-electron chi connectivity index (χ0n) is 18.5. The first-order chi connectivity index (χ1) is 16.5. The predicted octanol–water partition coefficient (Wildman–Crippen LogP) is 5.44. The van der Waals surface area contributed by atoms with E-state index in [1.807, 2.05) is 23.0 Å². The lowest BCUT2D eigenvalue weighted by molar-refractivity contribution is -0.376. The Labute approximate surface area is 202 Å². The van der Waals surface area contributed by atoms with Crippen molar-refractivity contribution in [3.63, 3.8) is 0 Å². The highest BCUT2D eigenvalue weighted by molar-refractivity contribution is 7.07. The maximum absolute atomic E-state index is 13.1. The minimum atomic E-state index is -5.90. The standard InChI is InChI=1S/C24H23F6N3OS/c25-23(26,27)22(34,24(28,29)30)20-7-5-19(6-8-20)18-3-1-17(2-4-18)13-32-9-11-33(12-10-32)14-21-15-35-16-31-21/h1-8,15-16,34H,9-14H2. The third-order valence-electron chi connectivity index (χ3n) is 6.15. The van der Waals surface area contributed by atoms with E-state index in [0.717, 1.165) is 62.7 Å². The molecule has 11 heteroatoms. The average molecular weight is 516 g/mol. The molecule has 0 saturated carbocycles. The molecule has 4 rings (SSSR count). The summed E-state index contributed by atoms with van der Waals surface area (Å²) in [5.74, 6) is 0. The van der Waals surface area contributed by atoms with E-state index in [0.29, 0.717) is 23.3 Å². The Bertz CT molecular complexity index is 1080. The van der Waals surface area contributed by atoms with Crippen molar-refractivity contribution in [2.24, 2.45) is 0 Å². The van der Waals surface area contributed by atoms with Crippen molar-refractivity contribution in [3.8, 4) is 11.1 Å². The number of rotatable bonds is 6. The van der Waals surface area contributed by atoms with Gasteiger partial charge in [-0.2, -0.15) is 26.3 Å².